The number of anilines is 1. The van der Waals surface area contributed by atoms with Gasteiger partial charge in [-0.05, 0) is 29.1 Å². The topological polar surface area (TPSA) is 70.2 Å². The Bertz CT molecular complexity index is 451. The molecular formula is C11H17IN4O2. The first-order valence-electron chi connectivity index (χ1n) is 6.01. The Morgan fingerprint density at radius 3 is 3.33 bits per heavy atom. The number of aromatic amines is 1. The molecule has 2 heterocycles. The Morgan fingerprint density at radius 2 is 2.56 bits per heavy atom. The highest BCUT2D eigenvalue weighted by Crippen LogP contribution is 2.10. The standard InChI is InChI=1S/C11H17IN4O2/c1-2-16-3-4-18-8(6-16)5-13-10-9(12)11(17)15-7-14-10/h7-8H,2-6H2,1H3,(H2,13,14,15,17). The number of H-pyrrole nitrogens is 1. The number of morpholine rings is 1. The third kappa shape index (κ3) is 3.42. The lowest BCUT2D eigenvalue weighted by Gasteiger charge is -2.32. The van der Waals surface area contributed by atoms with Crippen LogP contribution in [0.25, 0.3) is 0 Å². The summed E-state index contributed by atoms with van der Waals surface area (Å²) in [7, 11) is 0. The Labute approximate surface area is 119 Å². The van der Waals surface area contributed by atoms with Crippen LogP contribution in [0, 0.1) is 3.57 Å². The summed E-state index contributed by atoms with van der Waals surface area (Å²) in [6.45, 7) is 6.54. The molecule has 7 heteroatoms. The fourth-order valence-electron chi connectivity index (χ4n) is 1.91. The van der Waals surface area contributed by atoms with Crippen molar-refractivity contribution >= 4 is 28.4 Å². The maximum Gasteiger partial charge on any atom is 0.266 e. The molecular weight excluding hydrogens is 347 g/mol. The monoisotopic (exact) mass is 364 g/mol. The number of hydrogen-bond acceptors (Lipinski definition) is 5. The van der Waals surface area contributed by atoms with Gasteiger partial charge in [-0.3, -0.25) is 9.69 Å². The molecule has 1 aliphatic heterocycles. The molecule has 0 aliphatic carbocycles. The van der Waals surface area contributed by atoms with E-state index in [2.05, 4.69) is 27.1 Å². The summed E-state index contributed by atoms with van der Waals surface area (Å²) < 4.78 is 6.26. The molecule has 2 N–H and O–H groups in total. The number of nitrogens with zero attached hydrogens (tertiary/aromatic N) is 2. The van der Waals surface area contributed by atoms with Crippen LogP contribution in [0.2, 0.25) is 0 Å². The van der Waals surface area contributed by atoms with Gasteiger partial charge >= 0.3 is 0 Å². The summed E-state index contributed by atoms with van der Waals surface area (Å²) in [6.07, 6.45) is 1.56. The van der Waals surface area contributed by atoms with Crippen molar-refractivity contribution in [2.24, 2.45) is 0 Å². The van der Waals surface area contributed by atoms with Crippen LogP contribution in [0.5, 0.6) is 0 Å². The number of ether oxygens (including phenoxy) is 1. The van der Waals surface area contributed by atoms with Crippen LogP contribution < -0.4 is 10.9 Å². The average Bonchev–Trinajstić information content (AvgIpc) is 2.41. The van der Waals surface area contributed by atoms with Gasteiger partial charge in [0, 0.05) is 19.6 Å². The van der Waals surface area contributed by atoms with E-state index in [1.165, 1.54) is 6.33 Å². The van der Waals surface area contributed by atoms with Crippen molar-refractivity contribution < 1.29 is 4.74 Å². The first-order valence-corrected chi connectivity index (χ1v) is 7.09. The molecule has 0 amide bonds. The van der Waals surface area contributed by atoms with Crippen molar-refractivity contribution in [1.29, 1.82) is 0 Å². The molecule has 0 radical (unpaired) electrons. The average molecular weight is 364 g/mol. The summed E-state index contributed by atoms with van der Waals surface area (Å²) in [5.74, 6) is 0.622. The zero-order valence-corrected chi connectivity index (χ0v) is 12.4. The van der Waals surface area contributed by atoms with E-state index >= 15 is 0 Å². The predicted molar refractivity (Wildman–Crippen MR) is 77.9 cm³/mol. The van der Waals surface area contributed by atoms with Gasteiger partial charge in [-0.25, -0.2) is 4.98 Å². The zero-order valence-electron chi connectivity index (χ0n) is 10.3. The fourth-order valence-corrected chi connectivity index (χ4v) is 2.39. The van der Waals surface area contributed by atoms with Crippen molar-refractivity contribution in [3.8, 4) is 0 Å². The third-order valence-electron chi connectivity index (χ3n) is 2.96. The first-order chi connectivity index (χ1) is 8.70. The van der Waals surface area contributed by atoms with Crippen LogP contribution in [0.1, 0.15) is 6.92 Å². The molecule has 1 atom stereocenters. The second kappa shape index (κ2) is 6.48. The van der Waals surface area contributed by atoms with Crippen LogP contribution in [-0.4, -0.2) is 53.8 Å². The minimum atomic E-state index is -0.118. The maximum atomic E-state index is 11.4. The summed E-state index contributed by atoms with van der Waals surface area (Å²) in [4.78, 5) is 20.4. The van der Waals surface area contributed by atoms with Crippen LogP contribution >= 0.6 is 22.6 Å². The molecule has 1 saturated heterocycles. The lowest BCUT2D eigenvalue weighted by Crippen LogP contribution is -2.45. The lowest BCUT2D eigenvalue weighted by atomic mass is 10.2. The molecule has 0 saturated carbocycles. The Balaban J connectivity index is 1.91. The number of rotatable bonds is 4. The number of likely N-dealkylation sites (N-methyl/N-ethyl adjacent to an activating group) is 1. The summed E-state index contributed by atoms with van der Waals surface area (Å²) >= 11 is 1.99. The third-order valence-corrected chi connectivity index (χ3v) is 3.96. The highest BCUT2D eigenvalue weighted by atomic mass is 127. The summed E-state index contributed by atoms with van der Waals surface area (Å²) in [6, 6.07) is 0. The fraction of sp³-hybridized carbons (Fsp3) is 0.636. The van der Waals surface area contributed by atoms with Crippen molar-refractivity contribution in [3.63, 3.8) is 0 Å². The predicted octanol–water partition coefficient (Wildman–Crippen LogP) is 0.507. The molecule has 2 rings (SSSR count). The Morgan fingerprint density at radius 1 is 1.72 bits per heavy atom. The highest BCUT2D eigenvalue weighted by molar-refractivity contribution is 14.1. The van der Waals surface area contributed by atoms with E-state index in [4.69, 9.17) is 4.74 Å². The molecule has 1 fully saturated rings. The molecule has 18 heavy (non-hydrogen) atoms. The van der Waals surface area contributed by atoms with E-state index < -0.39 is 0 Å². The van der Waals surface area contributed by atoms with Crippen LogP contribution in [-0.2, 0) is 4.74 Å². The number of halogens is 1. The second-order valence-corrected chi connectivity index (χ2v) is 5.24. The number of hydrogen-bond donors (Lipinski definition) is 2. The smallest absolute Gasteiger partial charge is 0.266 e. The normalized spacial score (nSPS) is 20.9. The van der Waals surface area contributed by atoms with E-state index in [9.17, 15) is 4.79 Å². The molecule has 1 unspecified atom stereocenters. The van der Waals surface area contributed by atoms with Gasteiger partial charge in [-0.15, -0.1) is 0 Å². The van der Waals surface area contributed by atoms with E-state index in [0.29, 0.717) is 15.9 Å². The van der Waals surface area contributed by atoms with Crippen molar-refractivity contribution in [3.05, 3.63) is 20.3 Å². The van der Waals surface area contributed by atoms with Gasteiger partial charge in [-0.2, -0.15) is 0 Å². The molecule has 0 aromatic carbocycles. The Kier molecular flexibility index (Phi) is 4.95. The minimum absolute atomic E-state index is 0.118. The molecule has 100 valence electrons. The lowest BCUT2D eigenvalue weighted by molar-refractivity contribution is -0.0192. The van der Waals surface area contributed by atoms with Crippen molar-refractivity contribution in [1.82, 2.24) is 14.9 Å². The molecule has 0 spiro atoms. The van der Waals surface area contributed by atoms with E-state index in [0.717, 1.165) is 26.2 Å². The van der Waals surface area contributed by atoms with Gasteiger partial charge in [0.1, 0.15) is 9.39 Å². The quantitative estimate of drug-likeness (QED) is 0.762. The molecule has 1 aromatic rings. The van der Waals surface area contributed by atoms with Gasteiger partial charge in [0.25, 0.3) is 5.56 Å². The number of aromatic nitrogens is 2. The van der Waals surface area contributed by atoms with Gasteiger partial charge < -0.3 is 15.0 Å². The largest absolute Gasteiger partial charge is 0.374 e. The first kappa shape index (κ1) is 13.8. The summed E-state index contributed by atoms with van der Waals surface area (Å²) in [5, 5.41) is 3.18. The Hall–Kier alpha value is -0.670. The van der Waals surface area contributed by atoms with Gasteiger partial charge in [-0.1, -0.05) is 6.92 Å². The molecule has 1 aromatic heterocycles. The number of nitrogens with one attached hydrogen (secondary N) is 2. The molecule has 6 nitrogen and oxygen atoms in total. The zero-order chi connectivity index (χ0) is 13.0. The SMILES string of the molecule is CCN1CCOC(CNc2nc[nH]c(=O)c2I)C1. The second-order valence-electron chi connectivity index (χ2n) is 4.16. The van der Waals surface area contributed by atoms with Crippen LogP contribution in [0.3, 0.4) is 0 Å². The van der Waals surface area contributed by atoms with Gasteiger partial charge in [0.2, 0.25) is 0 Å². The van der Waals surface area contributed by atoms with Crippen LogP contribution in [0.4, 0.5) is 5.82 Å². The maximum absolute atomic E-state index is 11.4. The van der Waals surface area contributed by atoms with Crippen LogP contribution in [0.15, 0.2) is 11.1 Å². The van der Waals surface area contributed by atoms with Gasteiger partial charge in [0.05, 0.1) is 19.0 Å². The minimum Gasteiger partial charge on any atom is -0.374 e. The molecule has 1 aliphatic rings. The van der Waals surface area contributed by atoms with E-state index in [-0.39, 0.29) is 11.7 Å². The van der Waals surface area contributed by atoms with Gasteiger partial charge in [0.15, 0.2) is 0 Å². The van der Waals surface area contributed by atoms with Crippen molar-refractivity contribution in [2.75, 3.05) is 38.1 Å². The highest BCUT2D eigenvalue weighted by Gasteiger charge is 2.19. The summed E-state index contributed by atoms with van der Waals surface area (Å²) in [5.41, 5.74) is -0.118. The van der Waals surface area contributed by atoms with E-state index in [1.807, 2.05) is 22.6 Å². The molecule has 0 bridgehead atoms. The van der Waals surface area contributed by atoms with Crippen molar-refractivity contribution in [2.45, 2.75) is 13.0 Å². The van der Waals surface area contributed by atoms with E-state index in [1.54, 1.807) is 0 Å².